The average molecular weight is 469 g/mol. The SMILES string of the molecule is CC(C)C(NC(=O)OCC1c2ccccc2-c2ccccc21)C(C)(C)C(=O)NC[C@H](O)C(=O)O. The van der Waals surface area contributed by atoms with Crippen LogP contribution in [0.5, 0.6) is 0 Å². The largest absolute Gasteiger partial charge is 0.479 e. The average Bonchev–Trinajstić information content (AvgIpc) is 3.12. The summed E-state index contributed by atoms with van der Waals surface area (Å²) in [5, 5.41) is 23.5. The van der Waals surface area contributed by atoms with Gasteiger partial charge in [0, 0.05) is 12.0 Å². The van der Waals surface area contributed by atoms with E-state index >= 15 is 0 Å². The smallest absolute Gasteiger partial charge is 0.407 e. The molecule has 0 radical (unpaired) electrons. The first-order valence-corrected chi connectivity index (χ1v) is 11.3. The van der Waals surface area contributed by atoms with Crippen LogP contribution in [0.15, 0.2) is 48.5 Å². The van der Waals surface area contributed by atoms with Gasteiger partial charge in [-0.1, -0.05) is 62.4 Å². The summed E-state index contributed by atoms with van der Waals surface area (Å²) >= 11 is 0. The van der Waals surface area contributed by atoms with Gasteiger partial charge in [-0.05, 0) is 42.0 Å². The second kappa shape index (κ2) is 10.3. The fraction of sp³-hybridized carbons (Fsp3) is 0.423. The van der Waals surface area contributed by atoms with Crippen molar-refractivity contribution >= 4 is 18.0 Å². The fourth-order valence-electron chi connectivity index (χ4n) is 4.59. The van der Waals surface area contributed by atoms with Gasteiger partial charge in [0.25, 0.3) is 0 Å². The molecule has 0 spiro atoms. The highest BCUT2D eigenvalue weighted by atomic mass is 16.5. The summed E-state index contributed by atoms with van der Waals surface area (Å²) < 4.78 is 5.63. The van der Waals surface area contributed by atoms with Crippen LogP contribution in [0.3, 0.4) is 0 Å². The second-order valence-electron chi connectivity index (χ2n) is 9.48. The van der Waals surface area contributed by atoms with Crippen molar-refractivity contribution in [2.45, 2.75) is 45.8 Å². The molecule has 8 nitrogen and oxygen atoms in total. The molecule has 8 heteroatoms. The maximum absolute atomic E-state index is 12.8. The summed E-state index contributed by atoms with van der Waals surface area (Å²) in [5.74, 6) is -2.10. The van der Waals surface area contributed by atoms with Gasteiger partial charge < -0.3 is 25.6 Å². The summed E-state index contributed by atoms with van der Waals surface area (Å²) in [7, 11) is 0. The van der Waals surface area contributed by atoms with E-state index in [-0.39, 0.29) is 18.4 Å². The van der Waals surface area contributed by atoms with E-state index in [1.165, 1.54) is 0 Å². The molecule has 0 bridgehead atoms. The summed E-state index contributed by atoms with van der Waals surface area (Å²) in [6.45, 7) is 6.79. The molecule has 0 aliphatic heterocycles. The van der Waals surface area contributed by atoms with Crippen LogP contribution in [-0.2, 0) is 14.3 Å². The Labute approximate surface area is 199 Å². The number of benzene rings is 2. The third-order valence-electron chi connectivity index (χ3n) is 6.39. The molecule has 0 saturated carbocycles. The number of aliphatic hydroxyl groups is 1. The van der Waals surface area contributed by atoms with E-state index in [9.17, 15) is 19.5 Å². The van der Waals surface area contributed by atoms with Gasteiger partial charge in [0.15, 0.2) is 6.10 Å². The van der Waals surface area contributed by atoms with Crippen LogP contribution in [0.4, 0.5) is 4.79 Å². The van der Waals surface area contributed by atoms with Crippen LogP contribution in [0.2, 0.25) is 0 Å². The molecule has 1 aliphatic carbocycles. The maximum Gasteiger partial charge on any atom is 0.407 e. The number of rotatable bonds is 9. The Morgan fingerprint density at radius 3 is 2.03 bits per heavy atom. The number of amides is 2. The van der Waals surface area contributed by atoms with Crippen LogP contribution in [0, 0.1) is 11.3 Å². The number of aliphatic hydroxyl groups excluding tert-OH is 1. The normalized spacial score (nSPS) is 14.6. The molecule has 182 valence electrons. The molecule has 1 aliphatic rings. The summed E-state index contributed by atoms with van der Waals surface area (Å²) in [4.78, 5) is 36.3. The molecule has 0 heterocycles. The highest BCUT2D eigenvalue weighted by molar-refractivity contribution is 5.84. The van der Waals surface area contributed by atoms with Crippen molar-refractivity contribution in [1.29, 1.82) is 0 Å². The number of carboxylic acid groups (broad SMARTS) is 1. The van der Waals surface area contributed by atoms with Crippen LogP contribution >= 0.6 is 0 Å². The molecule has 0 saturated heterocycles. The van der Waals surface area contributed by atoms with E-state index in [4.69, 9.17) is 9.84 Å². The van der Waals surface area contributed by atoms with Gasteiger partial charge in [0.1, 0.15) is 6.61 Å². The molecule has 4 N–H and O–H groups in total. The molecular formula is C26H32N2O6. The second-order valence-corrected chi connectivity index (χ2v) is 9.48. The molecule has 2 atom stereocenters. The fourth-order valence-corrected chi connectivity index (χ4v) is 4.59. The number of hydrogen-bond acceptors (Lipinski definition) is 5. The predicted molar refractivity (Wildman–Crippen MR) is 127 cm³/mol. The van der Waals surface area contributed by atoms with Gasteiger partial charge in [-0.3, -0.25) is 4.79 Å². The van der Waals surface area contributed by atoms with Crippen molar-refractivity contribution in [2.75, 3.05) is 13.2 Å². The molecule has 34 heavy (non-hydrogen) atoms. The third-order valence-corrected chi connectivity index (χ3v) is 6.39. The summed E-state index contributed by atoms with van der Waals surface area (Å²) in [6.07, 6.45) is -2.33. The Bertz CT molecular complexity index is 1020. The zero-order valence-corrected chi connectivity index (χ0v) is 19.9. The summed E-state index contributed by atoms with van der Waals surface area (Å²) in [5.41, 5.74) is 3.39. The van der Waals surface area contributed by atoms with Gasteiger partial charge >= 0.3 is 12.1 Å². The maximum atomic E-state index is 12.8. The standard InChI is InChI=1S/C26H32N2O6/c1-15(2)22(26(3,4)24(32)27-13-21(29)23(30)31)28-25(33)34-14-20-18-11-7-5-9-16(18)17-10-6-8-12-19(17)20/h5-12,15,20-22,29H,13-14H2,1-4H3,(H,27,32)(H,28,33)(H,30,31)/t21-,22?/m0/s1. The molecule has 0 aromatic heterocycles. The van der Waals surface area contributed by atoms with Gasteiger partial charge in [-0.15, -0.1) is 0 Å². The zero-order chi connectivity index (χ0) is 25.0. The van der Waals surface area contributed by atoms with Crippen molar-refractivity contribution in [2.24, 2.45) is 11.3 Å². The number of carboxylic acids is 1. The first-order valence-electron chi connectivity index (χ1n) is 11.3. The van der Waals surface area contributed by atoms with Crippen molar-refractivity contribution in [3.63, 3.8) is 0 Å². The monoisotopic (exact) mass is 468 g/mol. The van der Waals surface area contributed by atoms with E-state index in [2.05, 4.69) is 22.8 Å². The van der Waals surface area contributed by atoms with Crippen LogP contribution in [-0.4, -0.2) is 53.5 Å². The lowest BCUT2D eigenvalue weighted by Gasteiger charge is -2.36. The van der Waals surface area contributed by atoms with Crippen molar-refractivity contribution in [3.05, 3.63) is 59.7 Å². The Balaban J connectivity index is 1.66. The van der Waals surface area contributed by atoms with E-state index in [1.807, 2.05) is 50.2 Å². The Morgan fingerprint density at radius 2 is 1.53 bits per heavy atom. The highest BCUT2D eigenvalue weighted by Crippen LogP contribution is 2.44. The lowest BCUT2D eigenvalue weighted by Crippen LogP contribution is -2.56. The Morgan fingerprint density at radius 1 is 1.00 bits per heavy atom. The minimum absolute atomic E-state index is 0.0792. The number of nitrogens with one attached hydrogen (secondary N) is 2. The first kappa shape index (κ1) is 25.2. The van der Waals surface area contributed by atoms with Crippen LogP contribution in [0.25, 0.3) is 11.1 Å². The lowest BCUT2D eigenvalue weighted by atomic mass is 9.77. The Hall–Kier alpha value is -3.39. The van der Waals surface area contributed by atoms with Crippen LogP contribution < -0.4 is 10.6 Å². The van der Waals surface area contributed by atoms with Crippen molar-refractivity contribution in [3.8, 4) is 11.1 Å². The van der Waals surface area contributed by atoms with Crippen molar-refractivity contribution < 1.29 is 29.3 Å². The lowest BCUT2D eigenvalue weighted by molar-refractivity contribution is -0.146. The number of carbonyl (C=O) groups excluding carboxylic acids is 2. The number of carbonyl (C=O) groups is 3. The number of alkyl carbamates (subject to hydrolysis) is 1. The number of ether oxygens (including phenoxy) is 1. The molecular weight excluding hydrogens is 436 g/mol. The highest BCUT2D eigenvalue weighted by Gasteiger charge is 2.40. The number of fused-ring (bicyclic) bond motifs is 3. The van der Waals surface area contributed by atoms with E-state index < -0.39 is 42.1 Å². The number of hydrogen-bond donors (Lipinski definition) is 4. The molecule has 0 fully saturated rings. The zero-order valence-electron chi connectivity index (χ0n) is 19.9. The molecule has 2 amide bonds. The first-order chi connectivity index (χ1) is 16.0. The molecule has 3 rings (SSSR count). The minimum Gasteiger partial charge on any atom is -0.479 e. The van der Waals surface area contributed by atoms with Gasteiger partial charge in [-0.2, -0.15) is 0 Å². The Kier molecular flexibility index (Phi) is 7.61. The molecule has 2 aromatic rings. The third kappa shape index (κ3) is 5.22. The molecule has 2 aromatic carbocycles. The quantitative estimate of drug-likeness (QED) is 0.448. The van der Waals surface area contributed by atoms with Gasteiger partial charge in [0.05, 0.1) is 12.0 Å². The van der Waals surface area contributed by atoms with Gasteiger partial charge in [-0.25, -0.2) is 9.59 Å². The minimum atomic E-state index is -1.70. The summed E-state index contributed by atoms with van der Waals surface area (Å²) in [6, 6.07) is 15.5. The van der Waals surface area contributed by atoms with E-state index in [1.54, 1.807) is 13.8 Å². The molecule has 1 unspecified atom stereocenters. The number of aliphatic carboxylic acids is 1. The van der Waals surface area contributed by atoms with Crippen molar-refractivity contribution in [1.82, 2.24) is 10.6 Å². The van der Waals surface area contributed by atoms with E-state index in [0.29, 0.717) is 0 Å². The predicted octanol–water partition coefficient (Wildman–Crippen LogP) is 3.14. The van der Waals surface area contributed by atoms with Crippen LogP contribution in [0.1, 0.15) is 44.7 Å². The van der Waals surface area contributed by atoms with E-state index in [0.717, 1.165) is 22.3 Å². The van der Waals surface area contributed by atoms with Gasteiger partial charge in [0.2, 0.25) is 5.91 Å². The topological polar surface area (TPSA) is 125 Å².